The molecule has 2 heteroatoms. The van der Waals surface area contributed by atoms with E-state index < -0.39 is 0 Å². The molecule has 2 N–H and O–H groups in total. The molecule has 1 atom stereocenters. The smallest absolute Gasteiger partial charge is 0.165 e. The lowest BCUT2D eigenvalue weighted by Crippen LogP contribution is -2.05. The molecule has 1 aromatic carbocycles. The quantitative estimate of drug-likeness (QED) is 0.600. The predicted molar refractivity (Wildman–Crippen MR) is 42.3 cm³/mol. The first-order valence-electron chi connectivity index (χ1n) is 3.67. The SMILES string of the molecule is N[C@@H]1CC(=O)c2ccccc21. The summed E-state index contributed by atoms with van der Waals surface area (Å²) < 4.78 is 0. The molecule has 2 rings (SSSR count). The van der Waals surface area contributed by atoms with E-state index in [1.807, 2.05) is 24.3 Å². The first-order valence-corrected chi connectivity index (χ1v) is 3.67. The van der Waals surface area contributed by atoms with Crippen molar-refractivity contribution in [2.45, 2.75) is 12.5 Å². The van der Waals surface area contributed by atoms with Crippen molar-refractivity contribution in [3.05, 3.63) is 35.4 Å². The van der Waals surface area contributed by atoms with E-state index in [1.165, 1.54) is 0 Å². The Balaban J connectivity index is 2.60. The summed E-state index contributed by atoms with van der Waals surface area (Å²) in [5, 5.41) is 0. The maximum atomic E-state index is 11.2. The summed E-state index contributed by atoms with van der Waals surface area (Å²) >= 11 is 0. The highest BCUT2D eigenvalue weighted by Crippen LogP contribution is 2.28. The Morgan fingerprint density at radius 3 is 2.82 bits per heavy atom. The summed E-state index contributed by atoms with van der Waals surface area (Å²) in [4.78, 5) is 11.2. The number of nitrogens with two attached hydrogens (primary N) is 1. The third-order valence-electron chi connectivity index (χ3n) is 2.07. The van der Waals surface area contributed by atoms with E-state index in [4.69, 9.17) is 5.73 Å². The number of rotatable bonds is 0. The van der Waals surface area contributed by atoms with Gasteiger partial charge < -0.3 is 5.73 Å². The van der Waals surface area contributed by atoms with Gasteiger partial charge in [-0.25, -0.2) is 0 Å². The summed E-state index contributed by atoms with van der Waals surface area (Å²) in [5.41, 5.74) is 7.52. The monoisotopic (exact) mass is 147 g/mol. The van der Waals surface area contributed by atoms with Crippen molar-refractivity contribution in [1.82, 2.24) is 0 Å². The third kappa shape index (κ3) is 0.870. The Morgan fingerprint density at radius 1 is 1.36 bits per heavy atom. The average Bonchev–Trinajstić information content (AvgIpc) is 2.30. The molecule has 1 aliphatic rings. The third-order valence-corrected chi connectivity index (χ3v) is 2.07. The van der Waals surface area contributed by atoms with Crippen molar-refractivity contribution in [2.24, 2.45) is 5.73 Å². The van der Waals surface area contributed by atoms with Crippen LogP contribution in [0.2, 0.25) is 0 Å². The van der Waals surface area contributed by atoms with Crippen molar-refractivity contribution in [1.29, 1.82) is 0 Å². The Hall–Kier alpha value is -1.15. The Morgan fingerprint density at radius 2 is 2.09 bits per heavy atom. The largest absolute Gasteiger partial charge is 0.324 e. The second-order valence-electron chi connectivity index (χ2n) is 2.82. The first kappa shape index (κ1) is 6.55. The first-order chi connectivity index (χ1) is 5.29. The molecular formula is C9H9NO. The maximum Gasteiger partial charge on any atom is 0.165 e. The highest BCUT2D eigenvalue weighted by atomic mass is 16.1. The highest BCUT2D eigenvalue weighted by molar-refractivity contribution is 6.01. The number of Topliss-reactive ketones (excluding diaryl/α,β-unsaturated/α-hetero) is 1. The molecule has 0 amide bonds. The van der Waals surface area contributed by atoms with Crippen molar-refractivity contribution in [3.8, 4) is 0 Å². The molecule has 0 saturated carbocycles. The van der Waals surface area contributed by atoms with Crippen molar-refractivity contribution in [3.63, 3.8) is 0 Å². The van der Waals surface area contributed by atoms with Gasteiger partial charge in [-0.1, -0.05) is 24.3 Å². The van der Waals surface area contributed by atoms with Crippen LogP contribution in [0, 0.1) is 0 Å². The second-order valence-corrected chi connectivity index (χ2v) is 2.82. The molecule has 1 aromatic rings. The van der Waals surface area contributed by atoms with Gasteiger partial charge in [-0.3, -0.25) is 4.79 Å². The second kappa shape index (κ2) is 2.17. The van der Waals surface area contributed by atoms with E-state index in [1.54, 1.807) is 0 Å². The van der Waals surface area contributed by atoms with E-state index in [0.717, 1.165) is 11.1 Å². The zero-order valence-corrected chi connectivity index (χ0v) is 6.08. The van der Waals surface area contributed by atoms with Gasteiger partial charge in [0.2, 0.25) is 0 Å². The Labute approximate surface area is 65.0 Å². The molecule has 0 spiro atoms. The van der Waals surface area contributed by atoms with E-state index in [9.17, 15) is 4.79 Å². The number of ketones is 1. The topological polar surface area (TPSA) is 43.1 Å². The van der Waals surface area contributed by atoms with Gasteiger partial charge in [0.15, 0.2) is 5.78 Å². The van der Waals surface area contributed by atoms with Crippen LogP contribution in [0.1, 0.15) is 28.4 Å². The van der Waals surface area contributed by atoms with Crippen LogP contribution in [-0.2, 0) is 0 Å². The fourth-order valence-corrected chi connectivity index (χ4v) is 1.49. The number of fused-ring (bicyclic) bond motifs is 1. The molecule has 0 aromatic heterocycles. The zero-order valence-electron chi connectivity index (χ0n) is 6.08. The maximum absolute atomic E-state index is 11.2. The lowest BCUT2D eigenvalue weighted by atomic mass is 10.1. The minimum Gasteiger partial charge on any atom is -0.324 e. The van der Waals surface area contributed by atoms with E-state index in [-0.39, 0.29) is 11.8 Å². The zero-order chi connectivity index (χ0) is 7.84. The Bertz CT molecular complexity index is 306. The van der Waals surface area contributed by atoms with Gasteiger partial charge in [0.05, 0.1) is 0 Å². The number of carbonyl (C=O) groups excluding carboxylic acids is 1. The number of hydrogen-bond donors (Lipinski definition) is 1. The molecule has 2 nitrogen and oxygen atoms in total. The fourth-order valence-electron chi connectivity index (χ4n) is 1.49. The Kier molecular flexibility index (Phi) is 1.29. The van der Waals surface area contributed by atoms with Gasteiger partial charge in [0, 0.05) is 18.0 Å². The minimum absolute atomic E-state index is 0.0706. The van der Waals surface area contributed by atoms with Gasteiger partial charge >= 0.3 is 0 Å². The number of hydrogen-bond acceptors (Lipinski definition) is 2. The summed E-state index contributed by atoms with van der Waals surface area (Å²) in [6.45, 7) is 0. The number of benzene rings is 1. The van der Waals surface area contributed by atoms with Crippen LogP contribution in [0.25, 0.3) is 0 Å². The molecule has 0 saturated heterocycles. The van der Waals surface area contributed by atoms with Gasteiger partial charge in [-0.2, -0.15) is 0 Å². The van der Waals surface area contributed by atoms with Crippen LogP contribution < -0.4 is 5.73 Å². The van der Waals surface area contributed by atoms with E-state index >= 15 is 0 Å². The summed E-state index contributed by atoms with van der Waals surface area (Å²) in [6.07, 6.45) is 0.472. The molecular weight excluding hydrogens is 138 g/mol. The molecule has 1 aliphatic carbocycles. The lowest BCUT2D eigenvalue weighted by Gasteiger charge is -2.00. The molecule has 56 valence electrons. The van der Waals surface area contributed by atoms with Gasteiger partial charge in [-0.05, 0) is 5.56 Å². The van der Waals surface area contributed by atoms with Crippen molar-refractivity contribution < 1.29 is 4.79 Å². The molecule has 0 aliphatic heterocycles. The van der Waals surface area contributed by atoms with Crippen LogP contribution in [0.5, 0.6) is 0 Å². The highest BCUT2D eigenvalue weighted by Gasteiger charge is 2.25. The molecule has 0 radical (unpaired) electrons. The summed E-state index contributed by atoms with van der Waals surface area (Å²) in [7, 11) is 0. The summed E-state index contributed by atoms with van der Waals surface area (Å²) in [5.74, 6) is 0.174. The molecule has 11 heavy (non-hydrogen) atoms. The normalized spacial score (nSPS) is 21.9. The van der Waals surface area contributed by atoms with Gasteiger partial charge in [-0.15, -0.1) is 0 Å². The summed E-state index contributed by atoms with van der Waals surface area (Å²) in [6, 6.07) is 7.47. The van der Waals surface area contributed by atoms with E-state index in [0.29, 0.717) is 6.42 Å². The van der Waals surface area contributed by atoms with Crippen molar-refractivity contribution >= 4 is 5.78 Å². The fraction of sp³-hybridized carbons (Fsp3) is 0.222. The molecule has 0 bridgehead atoms. The van der Waals surface area contributed by atoms with E-state index in [2.05, 4.69) is 0 Å². The predicted octanol–water partition coefficient (Wildman–Crippen LogP) is 1.27. The lowest BCUT2D eigenvalue weighted by molar-refractivity contribution is 0.0989. The number of carbonyl (C=O) groups is 1. The standard InChI is InChI=1S/C9H9NO/c10-8-5-9(11)7-4-2-1-3-6(7)8/h1-4,8H,5,10H2/t8-/m1/s1. The van der Waals surface area contributed by atoms with Gasteiger partial charge in [0.25, 0.3) is 0 Å². The minimum atomic E-state index is -0.0706. The average molecular weight is 147 g/mol. The van der Waals surface area contributed by atoms with Crippen LogP contribution in [0.3, 0.4) is 0 Å². The van der Waals surface area contributed by atoms with Crippen LogP contribution in [0.4, 0.5) is 0 Å². The van der Waals surface area contributed by atoms with Crippen LogP contribution in [-0.4, -0.2) is 5.78 Å². The molecule has 0 unspecified atom stereocenters. The molecule has 0 fully saturated rings. The molecule has 0 heterocycles. The van der Waals surface area contributed by atoms with Crippen LogP contribution in [0.15, 0.2) is 24.3 Å². The van der Waals surface area contributed by atoms with Gasteiger partial charge in [0.1, 0.15) is 0 Å². The van der Waals surface area contributed by atoms with Crippen LogP contribution >= 0.6 is 0 Å². The van der Waals surface area contributed by atoms with Crippen molar-refractivity contribution in [2.75, 3.05) is 0 Å².